The summed E-state index contributed by atoms with van der Waals surface area (Å²) in [6.07, 6.45) is 3.46. The predicted molar refractivity (Wildman–Crippen MR) is 24.3 cm³/mol. The molecule has 0 aromatic carbocycles. The van der Waals surface area contributed by atoms with E-state index in [0.717, 1.165) is 0 Å². The molecule has 0 amide bonds. The summed E-state index contributed by atoms with van der Waals surface area (Å²) in [6, 6.07) is 1.83. The Morgan fingerprint density at radius 3 is 2.50 bits per heavy atom. The van der Waals surface area contributed by atoms with Crippen molar-refractivity contribution in [3.63, 3.8) is 0 Å². The van der Waals surface area contributed by atoms with Crippen LogP contribution in [0.15, 0.2) is 18.5 Å². The third-order valence-corrected chi connectivity index (χ3v) is 0.406. The van der Waals surface area contributed by atoms with Gasteiger partial charge in [0.25, 0.3) is 0 Å². The van der Waals surface area contributed by atoms with E-state index in [1.165, 1.54) is 0 Å². The monoisotopic (exact) mass is 107 g/mol. The fourth-order valence-corrected chi connectivity index (χ4v) is 0.215. The summed E-state index contributed by atoms with van der Waals surface area (Å²) in [5.74, 6) is 0. The van der Waals surface area contributed by atoms with Crippen molar-refractivity contribution in [1.29, 1.82) is 0 Å². The Balaban J connectivity index is 0.000000250. The van der Waals surface area contributed by atoms with Crippen LogP contribution in [0, 0.1) is 0 Å². The summed E-state index contributed by atoms with van der Waals surface area (Å²) in [7, 11) is 0. The molecule has 0 spiro atoms. The Morgan fingerprint density at radius 2 is 2.33 bits per heavy atom. The van der Waals surface area contributed by atoms with Crippen molar-refractivity contribution < 1.29 is 0 Å². The van der Waals surface area contributed by atoms with E-state index in [2.05, 4.69) is 10.2 Å². The van der Waals surface area contributed by atoms with Crippen LogP contribution in [0.5, 0.6) is 0 Å². The van der Waals surface area contributed by atoms with Gasteiger partial charge in [0.15, 0.2) is 0 Å². The SMILES string of the molecule is [K].c1cn[nH]c1. The molecule has 0 bridgehead atoms. The molecular formula is C3H4KN2. The second-order valence-corrected chi connectivity index (χ2v) is 0.766. The van der Waals surface area contributed by atoms with Gasteiger partial charge in [-0.25, -0.2) is 0 Å². The first kappa shape index (κ1) is 6.85. The Morgan fingerprint density at radius 1 is 1.50 bits per heavy atom. The molecule has 3 heteroatoms. The van der Waals surface area contributed by atoms with Crippen molar-refractivity contribution >= 4 is 51.4 Å². The zero-order valence-corrected chi connectivity index (χ0v) is 6.80. The average molecular weight is 107 g/mol. The van der Waals surface area contributed by atoms with E-state index >= 15 is 0 Å². The summed E-state index contributed by atoms with van der Waals surface area (Å²) in [5.41, 5.74) is 0. The average Bonchev–Trinajstić information content (AvgIpc) is 1.76. The van der Waals surface area contributed by atoms with Crippen LogP contribution in [-0.4, -0.2) is 61.6 Å². The molecule has 0 atom stereocenters. The molecule has 1 heterocycles. The van der Waals surface area contributed by atoms with Gasteiger partial charge in [-0.05, 0) is 6.07 Å². The third-order valence-electron chi connectivity index (χ3n) is 0.406. The van der Waals surface area contributed by atoms with Crippen molar-refractivity contribution in [3.05, 3.63) is 18.5 Å². The van der Waals surface area contributed by atoms with E-state index in [1.54, 1.807) is 12.4 Å². The standard InChI is InChI=1S/C3H4N2.K/c1-2-4-5-3-1;/h1-3H,(H,4,5);. The second-order valence-electron chi connectivity index (χ2n) is 0.766. The molecule has 0 unspecified atom stereocenters. The van der Waals surface area contributed by atoms with Crippen LogP contribution in [0.1, 0.15) is 0 Å². The van der Waals surface area contributed by atoms with E-state index in [-0.39, 0.29) is 51.4 Å². The minimum atomic E-state index is 0. The van der Waals surface area contributed by atoms with Crippen LogP contribution < -0.4 is 0 Å². The third kappa shape index (κ3) is 2.10. The van der Waals surface area contributed by atoms with E-state index in [1.807, 2.05) is 6.07 Å². The fourth-order valence-electron chi connectivity index (χ4n) is 0.215. The molecule has 0 aliphatic rings. The van der Waals surface area contributed by atoms with Gasteiger partial charge in [-0.3, -0.25) is 5.10 Å². The molecule has 0 aliphatic carbocycles. The van der Waals surface area contributed by atoms with Gasteiger partial charge < -0.3 is 0 Å². The zero-order chi connectivity index (χ0) is 3.54. The molecular weight excluding hydrogens is 103 g/mol. The van der Waals surface area contributed by atoms with Gasteiger partial charge in [0.1, 0.15) is 0 Å². The predicted octanol–water partition coefficient (Wildman–Crippen LogP) is 0.0289. The van der Waals surface area contributed by atoms with Gasteiger partial charge >= 0.3 is 0 Å². The second kappa shape index (κ2) is 4.02. The van der Waals surface area contributed by atoms with Crippen LogP contribution in [0.25, 0.3) is 0 Å². The molecule has 1 radical (unpaired) electrons. The van der Waals surface area contributed by atoms with Crippen LogP contribution >= 0.6 is 0 Å². The number of aromatic nitrogens is 2. The van der Waals surface area contributed by atoms with Crippen molar-refractivity contribution in [2.24, 2.45) is 0 Å². The van der Waals surface area contributed by atoms with Crippen LogP contribution in [-0.2, 0) is 0 Å². The molecule has 1 aromatic heterocycles. The molecule has 1 rings (SSSR count). The summed E-state index contributed by atoms with van der Waals surface area (Å²) in [6.45, 7) is 0. The first-order chi connectivity index (χ1) is 2.50. The van der Waals surface area contributed by atoms with E-state index in [0.29, 0.717) is 0 Å². The first-order valence-electron chi connectivity index (χ1n) is 1.44. The van der Waals surface area contributed by atoms with Crippen LogP contribution in [0.3, 0.4) is 0 Å². The smallest absolute Gasteiger partial charge is 0.0487 e. The van der Waals surface area contributed by atoms with Crippen molar-refractivity contribution in [3.8, 4) is 0 Å². The number of rotatable bonds is 0. The number of hydrogen-bond acceptors (Lipinski definition) is 1. The minimum absolute atomic E-state index is 0. The molecule has 6 heavy (non-hydrogen) atoms. The Hall–Kier alpha value is 0.846. The maximum Gasteiger partial charge on any atom is 0.0487 e. The van der Waals surface area contributed by atoms with E-state index < -0.39 is 0 Å². The van der Waals surface area contributed by atoms with Gasteiger partial charge in [0.2, 0.25) is 0 Å². The number of nitrogens with one attached hydrogen (secondary N) is 1. The van der Waals surface area contributed by atoms with E-state index in [4.69, 9.17) is 0 Å². The quantitative estimate of drug-likeness (QED) is 0.465. The zero-order valence-electron chi connectivity index (χ0n) is 3.68. The first-order valence-corrected chi connectivity index (χ1v) is 1.44. The summed E-state index contributed by atoms with van der Waals surface area (Å²) in [5, 5.41) is 6.21. The Kier molecular flexibility index (Phi) is 4.58. The Bertz CT molecular complexity index is 65.3. The summed E-state index contributed by atoms with van der Waals surface area (Å²) in [4.78, 5) is 0. The number of aromatic amines is 1. The molecule has 1 aromatic rings. The van der Waals surface area contributed by atoms with Gasteiger partial charge in [-0.2, -0.15) is 5.10 Å². The molecule has 0 saturated carbocycles. The molecule has 2 nitrogen and oxygen atoms in total. The van der Waals surface area contributed by atoms with Crippen LogP contribution in [0.2, 0.25) is 0 Å². The fraction of sp³-hybridized carbons (Fsp3) is 0. The van der Waals surface area contributed by atoms with E-state index in [9.17, 15) is 0 Å². The summed E-state index contributed by atoms with van der Waals surface area (Å²) >= 11 is 0. The van der Waals surface area contributed by atoms with Gasteiger partial charge in [0.05, 0.1) is 0 Å². The number of nitrogens with zero attached hydrogens (tertiary/aromatic N) is 1. The van der Waals surface area contributed by atoms with Crippen molar-refractivity contribution in [2.45, 2.75) is 0 Å². The van der Waals surface area contributed by atoms with Crippen molar-refractivity contribution in [1.82, 2.24) is 10.2 Å². The van der Waals surface area contributed by atoms with Gasteiger partial charge in [0, 0.05) is 63.8 Å². The number of hydrogen-bond donors (Lipinski definition) is 1. The molecule has 0 aliphatic heterocycles. The van der Waals surface area contributed by atoms with Gasteiger partial charge in [-0.1, -0.05) is 0 Å². The minimum Gasteiger partial charge on any atom is -0.286 e. The topological polar surface area (TPSA) is 28.7 Å². The molecule has 27 valence electrons. The van der Waals surface area contributed by atoms with Crippen molar-refractivity contribution in [2.75, 3.05) is 0 Å². The molecule has 1 N–H and O–H groups in total. The maximum atomic E-state index is 3.60. The maximum absolute atomic E-state index is 3.60. The molecule has 0 saturated heterocycles. The van der Waals surface area contributed by atoms with Gasteiger partial charge in [-0.15, -0.1) is 0 Å². The van der Waals surface area contributed by atoms with Crippen LogP contribution in [0.4, 0.5) is 0 Å². The normalized spacial score (nSPS) is 6.67. The molecule has 0 fully saturated rings. The Labute approximate surface area is 78.8 Å². The largest absolute Gasteiger partial charge is 0.286 e. The summed E-state index contributed by atoms with van der Waals surface area (Å²) < 4.78 is 0. The number of H-pyrrole nitrogens is 1.